The lowest BCUT2D eigenvalue weighted by molar-refractivity contribution is -0.142. The normalized spacial score (nSPS) is 19.1. The molecule has 5 nitrogen and oxygen atoms in total. The Balaban J connectivity index is 2.07. The SMILES string of the molecule is COC(=O)C1CC(C)N(C(=O)c2ccccc2OC)c2ccccc21. The van der Waals surface area contributed by atoms with Gasteiger partial charge in [-0.3, -0.25) is 9.59 Å². The minimum atomic E-state index is -0.363. The average Bonchev–Trinajstić information content (AvgIpc) is 2.66. The van der Waals surface area contributed by atoms with Crippen molar-refractivity contribution in [2.45, 2.75) is 25.3 Å². The molecule has 0 spiro atoms. The summed E-state index contributed by atoms with van der Waals surface area (Å²) in [7, 11) is 2.94. The van der Waals surface area contributed by atoms with E-state index in [4.69, 9.17) is 9.47 Å². The van der Waals surface area contributed by atoms with E-state index in [0.717, 1.165) is 11.3 Å². The highest BCUT2D eigenvalue weighted by Crippen LogP contribution is 2.40. The second-order valence-electron chi connectivity index (χ2n) is 6.09. The molecule has 0 saturated carbocycles. The Morgan fingerprint density at radius 2 is 1.72 bits per heavy atom. The molecule has 0 N–H and O–H groups in total. The Kier molecular flexibility index (Phi) is 4.74. The summed E-state index contributed by atoms with van der Waals surface area (Å²) in [6, 6.07) is 14.5. The van der Waals surface area contributed by atoms with Gasteiger partial charge in [-0.25, -0.2) is 0 Å². The standard InChI is InChI=1S/C20H21NO4/c1-13-12-16(20(23)25-3)14-8-4-6-10-17(14)21(13)19(22)15-9-5-7-11-18(15)24-2/h4-11,13,16H,12H2,1-3H3. The summed E-state index contributed by atoms with van der Waals surface area (Å²) in [5.74, 6) is -0.241. The molecule has 2 unspecified atom stereocenters. The zero-order chi connectivity index (χ0) is 18.0. The first-order chi connectivity index (χ1) is 12.1. The van der Waals surface area contributed by atoms with Crippen LogP contribution in [0.25, 0.3) is 0 Å². The van der Waals surface area contributed by atoms with E-state index in [0.29, 0.717) is 17.7 Å². The number of anilines is 1. The fraction of sp³-hybridized carbons (Fsp3) is 0.300. The van der Waals surface area contributed by atoms with Gasteiger partial charge in [0.15, 0.2) is 0 Å². The van der Waals surface area contributed by atoms with Crippen molar-refractivity contribution < 1.29 is 19.1 Å². The third-order valence-corrected chi connectivity index (χ3v) is 4.63. The first-order valence-electron chi connectivity index (χ1n) is 8.21. The van der Waals surface area contributed by atoms with Gasteiger partial charge in [-0.1, -0.05) is 30.3 Å². The van der Waals surface area contributed by atoms with Crippen LogP contribution in [-0.2, 0) is 9.53 Å². The summed E-state index contributed by atoms with van der Waals surface area (Å²) in [6.45, 7) is 1.94. The average molecular weight is 339 g/mol. The number of para-hydroxylation sites is 2. The predicted molar refractivity (Wildman–Crippen MR) is 95.1 cm³/mol. The molecule has 0 saturated heterocycles. The third kappa shape index (κ3) is 2.97. The van der Waals surface area contributed by atoms with E-state index < -0.39 is 0 Å². The first kappa shape index (κ1) is 17.0. The van der Waals surface area contributed by atoms with Crippen molar-refractivity contribution >= 4 is 17.6 Å². The number of hydrogen-bond acceptors (Lipinski definition) is 4. The van der Waals surface area contributed by atoms with Crippen LogP contribution in [0.3, 0.4) is 0 Å². The zero-order valence-corrected chi connectivity index (χ0v) is 14.6. The highest BCUT2D eigenvalue weighted by Gasteiger charge is 2.38. The smallest absolute Gasteiger partial charge is 0.313 e. The topological polar surface area (TPSA) is 55.8 Å². The lowest BCUT2D eigenvalue weighted by atomic mass is 9.85. The molecular formula is C20H21NO4. The van der Waals surface area contributed by atoms with E-state index >= 15 is 0 Å². The van der Waals surface area contributed by atoms with Crippen molar-refractivity contribution in [1.29, 1.82) is 0 Å². The molecule has 0 bridgehead atoms. The van der Waals surface area contributed by atoms with Gasteiger partial charge in [0.25, 0.3) is 5.91 Å². The fourth-order valence-corrected chi connectivity index (χ4v) is 3.44. The molecule has 25 heavy (non-hydrogen) atoms. The van der Waals surface area contributed by atoms with Gasteiger partial charge in [-0.2, -0.15) is 0 Å². The molecule has 5 heteroatoms. The molecule has 2 aromatic carbocycles. The minimum absolute atomic E-state index is 0.138. The van der Waals surface area contributed by atoms with E-state index in [9.17, 15) is 9.59 Å². The van der Waals surface area contributed by atoms with Crippen LogP contribution in [0, 0.1) is 0 Å². The second-order valence-corrected chi connectivity index (χ2v) is 6.09. The fourth-order valence-electron chi connectivity index (χ4n) is 3.44. The summed E-state index contributed by atoms with van der Waals surface area (Å²) in [6.07, 6.45) is 0.518. The quantitative estimate of drug-likeness (QED) is 0.805. The van der Waals surface area contributed by atoms with Crippen molar-refractivity contribution in [3.63, 3.8) is 0 Å². The Labute approximate surface area is 147 Å². The summed E-state index contributed by atoms with van der Waals surface area (Å²) in [5, 5.41) is 0. The summed E-state index contributed by atoms with van der Waals surface area (Å²) >= 11 is 0. The van der Waals surface area contributed by atoms with Crippen LogP contribution >= 0.6 is 0 Å². The maximum atomic E-state index is 13.2. The van der Waals surface area contributed by atoms with Crippen molar-refractivity contribution in [3.8, 4) is 5.75 Å². The van der Waals surface area contributed by atoms with Crippen molar-refractivity contribution in [2.75, 3.05) is 19.1 Å². The summed E-state index contributed by atoms with van der Waals surface area (Å²) in [4.78, 5) is 27.1. The van der Waals surface area contributed by atoms with Crippen LogP contribution in [-0.4, -0.2) is 32.1 Å². The molecule has 3 rings (SSSR count). The zero-order valence-electron chi connectivity index (χ0n) is 14.6. The molecule has 1 aliphatic heterocycles. The van der Waals surface area contributed by atoms with Gasteiger partial charge in [0, 0.05) is 11.7 Å². The summed E-state index contributed by atoms with van der Waals surface area (Å²) < 4.78 is 10.3. The van der Waals surface area contributed by atoms with Crippen molar-refractivity contribution in [3.05, 3.63) is 59.7 Å². The van der Waals surface area contributed by atoms with Crippen LogP contribution in [0.2, 0.25) is 0 Å². The van der Waals surface area contributed by atoms with E-state index in [1.54, 1.807) is 24.1 Å². The summed E-state index contributed by atoms with van der Waals surface area (Å²) in [5.41, 5.74) is 2.06. The maximum Gasteiger partial charge on any atom is 0.313 e. The first-order valence-corrected chi connectivity index (χ1v) is 8.21. The number of nitrogens with zero attached hydrogens (tertiary/aromatic N) is 1. The van der Waals surface area contributed by atoms with Crippen LogP contribution < -0.4 is 9.64 Å². The van der Waals surface area contributed by atoms with Crippen LogP contribution in [0.5, 0.6) is 5.75 Å². The minimum Gasteiger partial charge on any atom is -0.496 e. The van der Waals surface area contributed by atoms with Gasteiger partial charge in [-0.15, -0.1) is 0 Å². The van der Waals surface area contributed by atoms with Crippen molar-refractivity contribution in [2.24, 2.45) is 0 Å². The van der Waals surface area contributed by atoms with E-state index in [2.05, 4.69) is 0 Å². The maximum absolute atomic E-state index is 13.2. The molecule has 2 atom stereocenters. The molecule has 1 aliphatic rings. The number of amides is 1. The molecule has 0 aliphatic carbocycles. The van der Waals surface area contributed by atoms with Gasteiger partial charge in [-0.05, 0) is 37.1 Å². The predicted octanol–water partition coefficient (Wildman–Crippen LogP) is 3.39. The van der Waals surface area contributed by atoms with E-state index in [1.165, 1.54) is 7.11 Å². The number of rotatable bonds is 3. The van der Waals surface area contributed by atoms with Crippen LogP contribution in [0.1, 0.15) is 35.2 Å². The lowest BCUT2D eigenvalue weighted by Gasteiger charge is -2.38. The number of methoxy groups -OCH3 is 2. The Morgan fingerprint density at radius 1 is 1.04 bits per heavy atom. The number of carbonyl (C=O) groups excluding carboxylic acids is 2. The number of hydrogen-bond donors (Lipinski definition) is 0. The van der Waals surface area contributed by atoms with E-state index in [-0.39, 0.29) is 23.8 Å². The highest BCUT2D eigenvalue weighted by molar-refractivity contribution is 6.09. The Bertz CT molecular complexity index is 802. The van der Waals surface area contributed by atoms with Gasteiger partial charge in [0.2, 0.25) is 0 Å². The number of carbonyl (C=O) groups is 2. The van der Waals surface area contributed by atoms with Gasteiger partial charge in [0.05, 0.1) is 25.7 Å². The number of ether oxygens (including phenoxy) is 2. The van der Waals surface area contributed by atoms with Crippen LogP contribution in [0.15, 0.2) is 48.5 Å². The number of benzene rings is 2. The molecule has 1 amide bonds. The van der Waals surface area contributed by atoms with Gasteiger partial charge < -0.3 is 14.4 Å². The Morgan fingerprint density at radius 3 is 2.44 bits per heavy atom. The number of esters is 1. The van der Waals surface area contributed by atoms with Gasteiger partial charge in [0.1, 0.15) is 5.75 Å². The second kappa shape index (κ2) is 6.97. The molecule has 1 heterocycles. The van der Waals surface area contributed by atoms with Crippen LogP contribution in [0.4, 0.5) is 5.69 Å². The largest absolute Gasteiger partial charge is 0.496 e. The highest BCUT2D eigenvalue weighted by atomic mass is 16.5. The molecule has 130 valence electrons. The lowest BCUT2D eigenvalue weighted by Crippen LogP contribution is -2.44. The molecular weight excluding hydrogens is 318 g/mol. The molecule has 2 aromatic rings. The molecule has 0 fully saturated rings. The molecule has 0 aromatic heterocycles. The Hall–Kier alpha value is -2.82. The molecule has 0 radical (unpaired) electrons. The number of fused-ring (bicyclic) bond motifs is 1. The third-order valence-electron chi connectivity index (χ3n) is 4.63. The van der Waals surface area contributed by atoms with E-state index in [1.807, 2.05) is 43.3 Å². The monoisotopic (exact) mass is 339 g/mol. The van der Waals surface area contributed by atoms with Crippen molar-refractivity contribution in [1.82, 2.24) is 0 Å². The van der Waals surface area contributed by atoms with Gasteiger partial charge >= 0.3 is 5.97 Å².